The van der Waals surface area contributed by atoms with E-state index in [0.717, 1.165) is 5.56 Å². The number of hydrogen-bond acceptors (Lipinski definition) is 9. The van der Waals surface area contributed by atoms with Crippen LogP contribution in [0.25, 0.3) is 0 Å². The first-order valence-corrected chi connectivity index (χ1v) is 10.3. The van der Waals surface area contributed by atoms with Crippen molar-refractivity contribution >= 4 is 11.7 Å². The lowest BCUT2D eigenvalue weighted by molar-refractivity contribution is -0.529. The Labute approximate surface area is 189 Å². The van der Waals surface area contributed by atoms with Gasteiger partial charge in [0.1, 0.15) is 12.1 Å². The number of nitro groups is 2. The van der Waals surface area contributed by atoms with Gasteiger partial charge in [-0.3, -0.25) is 29.9 Å². The summed E-state index contributed by atoms with van der Waals surface area (Å²) < 4.78 is 15.8. The summed E-state index contributed by atoms with van der Waals surface area (Å²) in [6, 6.07) is 6.21. The Morgan fingerprint density at radius 1 is 1.06 bits per heavy atom. The quantitative estimate of drug-likeness (QED) is 0.364. The molecule has 0 radical (unpaired) electrons. The second kappa shape index (κ2) is 8.66. The van der Waals surface area contributed by atoms with Crippen LogP contribution in [-0.2, 0) is 16.0 Å². The first-order valence-electron chi connectivity index (χ1n) is 10.3. The van der Waals surface area contributed by atoms with Crippen LogP contribution >= 0.6 is 0 Å². The molecule has 4 atom stereocenters. The minimum Gasteiger partial charge on any atom is -0.493 e. The number of non-ortho nitro benzene ring substituents is 1. The van der Waals surface area contributed by atoms with Gasteiger partial charge < -0.3 is 14.2 Å². The Morgan fingerprint density at radius 2 is 1.76 bits per heavy atom. The zero-order valence-electron chi connectivity index (χ0n) is 18.3. The normalized spacial score (nSPS) is 23.8. The molecule has 0 bridgehead atoms. The van der Waals surface area contributed by atoms with Gasteiger partial charge in [0.25, 0.3) is 5.69 Å². The first kappa shape index (κ1) is 22.5. The fraction of sp³-hybridized carbons (Fsp3) is 0.409. The predicted octanol–water partition coefficient (Wildman–Crippen LogP) is 2.50. The fourth-order valence-corrected chi connectivity index (χ4v) is 5.15. The van der Waals surface area contributed by atoms with Crippen molar-refractivity contribution in [3.05, 3.63) is 73.3 Å². The van der Waals surface area contributed by atoms with Crippen LogP contribution in [0.5, 0.6) is 11.5 Å². The van der Waals surface area contributed by atoms with Crippen molar-refractivity contribution in [2.45, 2.75) is 30.5 Å². The number of methoxy groups -OCH3 is 3. The number of ether oxygens (including phenoxy) is 3. The van der Waals surface area contributed by atoms with Crippen LogP contribution in [0.2, 0.25) is 0 Å². The van der Waals surface area contributed by atoms with Crippen LogP contribution < -0.4 is 9.47 Å². The van der Waals surface area contributed by atoms with Crippen LogP contribution in [0.4, 0.5) is 5.69 Å². The molecule has 2 aromatic carbocycles. The van der Waals surface area contributed by atoms with Gasteiger partial charge >= 0.3 is 5.97 Å². The minimum atomic E-state index is -1.24. The molecule has 11 nitrogen and oxygen atoms in total. The summed E-state index contributed by atoms with van der Waals surface area (Å²) in [5.74, 6) is -0.630. The maximum absolute atomic E-state index is 12.9. The van der Waals surface area contributed by atoms with E-state index in [0.29, 0.717) is 35.6 Å². The molecule has 1 fully saturated rings. The summed E-state index contributed by atoms with van der Waals surface area (Å²) in [6.45, 7) is 0.378. The highest BCUT2D eigenvalue weighted by molar-refractivity contribution is 5.78. The van der Waals surface area contributed by atoms with E-state index in [9.17, 15) is 25.0 Å². The van der Waals surface area contributed by atoms with Crippen molar-refractivity contribution in [1.82, 2.24) is 4.90 Å². The first-order chi connectivity index (χ1) is 15.8. The van der Waals surface area contributed by atoms with Crippen LogP contribution in [0.15, 0.2) is 36.4 Å². The lowest BCUT2D eigenvalue weighted by atomic mass is 9.83. The van der Waals surface area contributed by atoms with Gasteiger partial charge in [0.2, 0.25) is 6.04 Å². The van der Waals surface area contributed by atoms with Crippen LogP contribution in [-0.4, -0.2) is 60.7 Å². The van der Waals surface area contributed by atoms with Crippen molar-refractivity contribution < 1.29 is 28.9 Å². The van der Waals surface area contributed by atoms with E-state index in [1.807, 2.05) is 0 Å². The number of carbonyl (C=O) groups excluding carboxylic acids is 1. The topological polar surface area (TPSA) is 134 Å². The third kappa shape index (κ3) is 3.63. The Bertz CT molecular complexity index is 1120. The van der Waals surface area contributed by atoms with E-state index in [-0.39, 0.29) is 5.69 Å². The predicted molar refractivity (Wildman–Crippen MR) is 115 cm³/mol. The van der Waals surface area contributed by atoms with Gasteiger partial charge in [-0.05, 0) is 35.2 Å². The molecule has 0 amide bonds. The number of nitrogens with zero attached hydrogens (tertiary/aromatic N) is 3. The molecule has 0 spiro atoms. The van der Waals surface area contributed by atoms with Crippen molar-refractivity contribution in [1.29, 1.82) is 0 Å². The van der Waals surface area contributed by atoms with Gasteiger partial charge in [-0.15, -0.1) is 0 Å². The summed E-state index contributed by atoms with van der Waals surface area (Å²) in [6.07, 6.45) is 0.534. The molecule has 0 aliphatic carbocycles. The lowest BCUT2D eigenvalue weighted by Gasteiger charge is -2.34. The van der Waals surface area contributed by atoms with Gasteiger partial charge in [0.05, 0.1) is 32.2 Å². The number of hydrogen-bond donors (Lipinski definition) is 0. The van der Waals surface area contributed by atoms with E-state index in [2.05, 4.69) is 0 Å². The van der Waals surface area contributed by atoms with Gasteiger partial charge in [0, 0.05) is 23.6 Å². The highest BCUT2D eigenvalue weighted by atomic mass is 16.6. The number of rotatable bonds is 6. The van der Waals surface area contributed by atoms with E-state index in [1.165, 1.54) is 39.5 Å². The molecule has 174 valence electrons. The van der Waals surface area contributed by atoms with Gasteiger partial charge in [-0.1, -0.05) is 12.1 Å². The summed E-state index contributed by atoms with van der Waals surface area (Å²) >= 11 is 0. The van der Waals surface area contributed by atoms with Gasteiger partial charge in [0.15, 0.2) is 11.5 Å². The second-order valence-electron chi connectivity index (χ2n) is 7.96. The van der Waals surface area contributed by atoms with Crippen molar-refractivity contribution in [3.8, 4) is 11.5 Å². The third-order valence-corrected chi connectivity index (χ3v) is 6.50. The Balaban J connectivity index is 1.92. The molecule has 2 aliphatic rings. The largest absolute Gasteiger partial charge is 0.493 e. The van der Waals surface area contributed by atoms with E-state index < -0.39 is 39.9 Å². The molecular formula is C22H23N3O8. The number of benzene rings is 2. The molecule has 2 aromatic rings. The molecule has 2 aliphatic heterocycles. The summed E-state index contributed by atoms with van der Waals surface area (Å²) in [5.41, 5.74) is 1.68. The highest BCUT2D eigenvalue weighted by Gasteiger charge is 2.61. The van der Waals surface area contributed by atoms with Crippen LogP contribution in [0.1, 0.15) is 28.7 Å². The second-order valence-corrected chi connectivity index (χ2v) is 7.96. The van der Waals surface area contributed by atoms with Crippen molar-refractivity contribution in [2.24, 2.45) is 0 Å². The summed E-state index contributed by atoms with van der Waals surface area (Å²) in [5, 5.41) is 23.8. The maximum Gasteiger partial charge on any atom is 0.324 e. The van der Waals surface area contributed by atoms with Crippen molar-refractivity contribution in [2.75, 3.05) is 27.9 Å². The molecule has 33 heavy (non-hydrogen) atoms. The molecule has 0 unspecified atom stereocenters. The Hall–Kier alpha value is -3.73. The Kier molecular flexibility index (Phi) is 5.90. The van der Waals surface area contributed by atoms with E-state index >= 15 is 0 Å². The average molecular weight is 457 g/mol. The summed E-state index contributed by atoms with van der Waals surface area (Å²) in [7, 11) is 4.22. The highest BCUT2D eigenvalue weighted by Crippen LogP contribution is 2.51. The lowest BCUT2D eigenvalue weighted by Crippen LogP contribution is -2.43. The SMILES string of the molecule is COC(=O)[C@@H]1[C@H](c2cccc([N+](=O)[O-])c2)[C@@H]([N+](=O)[O-])[C@H]2c3cc(OC)c(OC)cc3CCN12. The molecule has 2 heterocycles. The molecule has 0 N–H and O–H groups in total. The van der Waals surface area contributed by atoms with E-state index in [1.54, 1.807) is 23.1 Å². The van der Waals surface area contributed by atoms with Crippen molar-refractivity contribution in [3.63, 3.8) is 0 Å². The average Bonchev–Trinajstić information content (AvgIpc) is 3.18. The number of carbonyl (C=O) groups is 1. The monoisotopic (exact) mass is 457 g/mol. The number of esters is 1. The minimum absolute atomic E-state index is 0.199. The molecule has 0 aromatic heterocycles. The van der Waals surface area contributed by atoms with E-state index in [4.69, 9.17) is 14.2 Å². The fourth-order valence-electron chi connectivity index (χ4n) is 5.15. The molecule has 0 saturated carbocycles. The Morgan fingerprint density at radius 3 is 2.36 bits per heavy atom. The standard InChI is InChI=1S/C22H23N3O8/c1-31-16-10-12-7-8-23-19(15(12)11-17(16)32-2)20(25(29)30)18(21(23)22(26)33-3)13-5-4-6-14(9-13)24(27)28/h4-6,9-11,18-21H,7-8H2,1-3H3/t18-,19-,20-,21+/m1/s1. The zero-order chi connectivity index (χ0) is 23.9. The number of fused-ring (bicyclic) bond motifs is 3. The van der Waals surface area contributed by atoms with Gasteiger partial charge in [-0.2, -0.15) is 0 Å². The maximum atomic E-state index is 12.9. The zero-order valence-corrected chi connectivity index (χ0v) is 18.3. The van der Waals surface area contributed by atoms with Gasteiger partial charge in [-0.25, -0.2) is 0 Å². The number of nitro benzene ring substituents is 1. The molecule has 11 heteroatoms. The molecular weight excluding hydrogens is 434 g/mol. The summed E-state index contributed by atoms with van der Waals surface area (Å²) in [4.78, 5) is 37.5. The van der Waals surface area contributed by atoms with Crippen LogP contribution in [0.3, 0.4) is 0 Å². The van der Waals surface area contributed by atoms with Crippen LogP contribution in [0, 0.1) is 20.2 Å². The smallest absolute Gasteiger partial charge is 0.324 e. The molecule has 1 saturated heterocycles. The third-order valence-electron chi connectivity index (χ3n) is 6.50. The molecule has 4 rings (SSSR count).